The summed E-state index contributed by atoms with van der Waals surface area (Å²) in [5.41, 5.74) is -0.261. The molecule has 0 aromatic heterocycles. The summed E-state index contributed by atoms with van der Waals surface area (Å²) in [5, 5.41) is 0. The molecular weight excluding hydrogens is 300 g/mol. The highest BCUT2D eigenvalue weighted by Gasteiger charge is 2.64. The van der Waals surface area contributed by atoms with Gasteiger partial charge in [0.2, 0.25) is 0 Å². The maximum absolute atomic E-state index is 13.2. The Balaban J connectivity index is 1.69. The molecule has 4 saturated carbocycles. The van der Waals surface area contributed by atoms with E-state index < -0.39 is 5.41 Å². The van der Waals surface area contributed by atoms with Crippen molar-refractivity contribution in [3.63, 3.8) is 0 Å². The average Bonchev–Trinajstić information content (AvgIpc) is 2.88. The highest BCUT2D eigenvalue weighted by molar-refractivity contribution is 5.93. The van der Waals surface area contributed by atoms with Crippen molar-refractivity contribution in [3.8, 4) is 0 Å². The third kappa shape index (κ3) is 1.99. The van der Waals surface area contributed by atoms with Crippen molar-refractivity contribution < 1.29 is 14.4 Å². The zero-order valence-electron chi connectivity index (χ0n) is 15.3. The summed E-state index contributed by atoms with van der Waals surface area (Å²) in [6.45, 7) is 6.12. The molecule has 4 aliphatic rings. The van der Waals surface area contributed by atoms with Gasteiger partial charge in [-0.05, 0) is 68.1 Å². The van der Waals surface area contributed by atoms with E-state index in [2.05, 4.69) is 13.8 Å². The molecule has 0 spiro atoms. The van der Waals surface area contributed by atoms with Gasteiger partial charge in [-0.25, -0.2) is 0 Å². The molecule has 7 atom stereocenters. The molecule has 0 N–H and O–H groups in total. The second kappa shape index (κ2) is 5.25. The Morgan fingerprint density at radius 3 is 2.46 bits per heavy atom. The largest absolute Gasteiger partial charge is 0.300 e. The predicted octanol–water partition coefficient (Wildman–Crippen LogP) is 3.98. The number of carbonyl (C=O) groups is 3. The fraction of sp³-hybridized carbons (Fsp3) is 0.857. The number of carbonyl (C=O) groups excluding carboxylic acids is 3. The van der Waals surface area contributed by atoms with Crippen LogP contribution in [0.15, 0.2) is 0 Å². The molecule has 0 aromatic rings. The zero-order chi connectivity index (χ0) is 17.3. The molecular formula is C21H30O3. The smallest absolute Gasteiger partial charge is 0.140 e. The lowest BCUT2D eigenvalue weighted by Crippen LogP contribution is -2.57. The van der Waals surface area contributed by atoms with E-state index in [4.69, 9.17) is 0 Å². The molecule has 0 aromatic carbocycles. The van der Waals surface area contributed by atoms with E-state index >= 15 is 0 Å². The van der Waals surface area contributed by atoms with Gasteiger partial charge in [-0.15, -0.1) is 0 Å². The summed E-state index contributed by atoms with van der Waals surface area (Å²) in [6, 6.07) is 0. The molecule has 3 nitrogen and oxygen atoms in total. The fourth-order valence-electron chi connectivity index (χ4n) is 7.40. The van der Waals surface area contributed by atoms with Gasteiger partial charge in [0.1, 0.15) is 17.3 Å². The van der Waals surface area contributed by atoms with E-state index in [-0.39, 0.29) is 17.1 Å². The summed E-state index contributed by atoms with van der Waals surface area (Å²) in [5.74, 6) is 2.76. The number of ketones is 3. The maximum Gasteiger partial charge on any atom is 0.140 e. The summed E-state index contributed by atoms with van der Waals surface area (Å²) in [4.78, 5) is 37.3. The van der Waals surface area contributed by atoms with Gasteiger partial charge in [-0.3, -0.25) is 14.4 Å². The number of hydrogen-bond donors (Lipinski definition) is 0. The van der Waals surface area contributed by atoms with Crippen LogP contribution in [-0.4, -0.2) is 17.3 Å². The summed E-state index contributed by atoms with van der Waals surface area (Å²) < 4.78 is 0. The van der Waals surface area contributed by atoms with Crippen molar-refractivity contribution in [2.24, 2.45) is 40.4 Å². The Hall–Kier alpha value is -0.990. The molecule has 4 rings (SSSR count). The van der Waals surface area contributed by atoms with E-state index in [0.29, 0.717) is 48.1 Å². The minimum absolute atomic E-state index is 0.0607. The van der Waals surface area contributed by atoms with Gasteiger partial charge in [0.15, 0.2) is 0 Å². The van der Waals surface area contributed by atoms with Crippen LogP contribution < -0.4 is 0 Å². The van der Waals surface area contributed by atoms with Crippen molar-refractivity contribution in [3.05, 3.63) is 0 Å². The molecule has 132 valence electrons. The second-order valence-electron chi connectivity index (χ2n) is 9.55. The number of rotatable bonds is 1. The first-order chi connectivity index (χ1) is 11.3. The molecule has 0 unspecified atom stereocenters. The van der Waals surface area contributed by atoms with Crippen molar-refractivity contribution in [2.45, 2.75) is 72.1 Å². The summed E-state index contributed by atoms with van der Waals surface area (Å²) in [7, 11) is 0. The molecule has 3 heteroatoms. The quantitative estimate of drug-likeness (QED) is 0.730. The minimum Gasteiger partial charge on any atom is -0.300 e. The van der Waals surface area contributed by atoms with Crippen molar-refractivity contribution in [1.82, 2.24) is 0 Å². The van der Waals surface area contributed by atoms with E-state index in [9.17, 15) is 14.4 Å². The van der Waals surface area contributed by atoms with Crippen LogP contribution in [0.5, 0.6) is 0 Å². The van der Waals surface area contributed by atoms with Crippen LogP contribution in [0.1, 0.15) is 72.1 Å². The Morgan fingerprint density at radius 2 is 1.75 bits per heavy atom. The van der Waals surface area contributed by atoms with Gasteiger partial charge in [0, 0.05) is 30.6 Å². The number of Topliss-reactive ketones (excluding diaryl/α,β-unsaturated/α-hetero) is 3. The van der Waals surface area contributed by atoms with Crippen LogP contribution in [0.25, 0.3) is 0 Å². The third-order valence-corrected chi connectivity index (χ3v) is 8.84. The van der Waals surface area contributed by atoms with Gasteiger partial charge in [-0.1, -0.05) is 13.8 Å². The Bertz CT molecular complexity index is 608. The van der Waals surface area contributed by atoms with Crippen molar-refractivity contribution >= 4 is 17.3 Å². The number of fused-ring (bicyclic) bond motifs is 5. The lowest BCUT2D eigenvalue weighted by atomic mass is 9.44. The van der Waals surface area contributed by atoms with Gasteiger partial charge in [0.25, 0.3) is 0 Å². The lowest BCUT2D eigenvalue weighted by Gasteiger charge is -2.59. The first-order valence-corrected chi connectivity index (χ1v) is 9.84. The normalized spacial score (nSPS) is 50.9. The van der Waals surface area contributed by atoms with Crippen molar-refractivity contribution in [2.75, 3.05) is 0 Å². The molecule has 4 aliphatic carbocycles. The van der Waals surface area contributed by atoms with E-state index in [1.54, 1.807) is 6.92 Å². The van der Waals surface area contributed by atoms with Crippen LogP contribution in [0, 0.1) is 40.4 Å². The molecule has 0 aliphatic heterocycles. The van der Waals surface area contributed by atoms with Gasteiger partial charge < -0.3 is 0 Å². The van der Waals surface area contributed by atoms with E-state index in [0.717, 1.165) is 38.5 Å². The SMILES string of the molecule is CC(=O)[C@@H]1CC[C@@H]2[C@@H]3CC[C@H]4CC(=O)CC[C@]4(C)[C@@H]3CC(=O)[C@@]21C. The lowest BCUT2D eigenvalue weighted by molar-refractivity contribution is -0.160. The molecule has 0 radical (unpaired) electrons. The first-order valence-electron chi connectivity index (χ1n) is 9.84. The van der Waals surface area contributed by atoms with Gasteiger partial charge >= 0.3 is 0 Å². The van der Waals surface area contributed by atoms with Crippen LogP contribution in [0.3, 0.4) is 0 Å². The Morgan fingerprint density at radius 1 is 1.00 bits per heavy atom. The Kier molecular flexibility index (Phi) is 3.61. The molecule has 0 amide bonds. The minimum atomic E-state index is -0.416. The summed E-state index contributed by atoms with van der Waals surface area (Å²) in [6.07, 6.45) is 7.24. The molecule has 0 bridgehead atoms. The number of hydrogen-bond acceptors (Lipinski definition) is 3. The highest BCUT2D eigenvalue weighted by Crippen LogP contribution is 2.66. The topological polar surface area (TPSA) is 51.2 Å². The van der Waals surface area contributed by atoms with Crippen LogP contribution >= 0.6 is 0 Å². The summed E-state index contributed by atoms with van der Waals surface area (Å²) >= 11 is 0. The van der Waals surface area contributed by atoms with E-state index in [1.807, 2.05) is 0 Å². The zero-order valence-corrected chi connectivity index (χ0v) is 15.3. The van der Waals surface area contributed by atoms with Crippen LogP contribution in [0.2, 0.25) is 0 Å². The molecule has 4 fully saturated rings. The van der Waals surface area contributed by atoms with Crippen molar-refractivity contribution in [1.29, 1.82) is 0 Å². The highest BCUT2D eigenvalue weighted by atomic mass is 16.1. The van der Waals surface area contributed by atoms with Gasteiger partial charge in [0.05, 0.1) is 0 Å². The van der Waals surface area contributed by atoms with Crippen LogP contribution in [-0.2, 0) is 14.4 Å². The van der Waals surface area contributed by atoms with Gasteiger partial charge in [-0.2, -0.15) is 0 Å². The fourth-order valence-corrected chi connectivity index (χ4v) is 7.40. The second-order valence-corrected chi connectivity index (χ2v) is 9.55. The van der Waals surface area contributed by atoms with Crippen LogP contribution in [0.4, 0.5) is 0 Å². The van der Waals surface area contributed by atoms with E-state index in [1.165, 1.54) is 0 Å². The first kappa shape index (κ1) is 16.5. The third-order valence-electron chi connectivity index (χ3n) is 8.84. The maximum atomic E-state index is 13.2. The molecule has 24 heavy (non-hydrogen) atoms. The molecule has 0 saturated heterocycles. The standard InChI is InChI=1S/C21H30O3/c1-12(22)16-6-7-17-15-5-4-13-10-14(23)8-9-20(13,2)18(15)11-19(24)21(16,17)3/h13,15-18H,4-11H2,1-3H3/t13-,15-,16-,17+,18+,20-,21+/m0/s1. The molecule has 0 heterocycles. The average molecular weight is 330 g/mol. The monoisotopic (exact) mass is 330 g/mol. The predicted molar refractivity (Wildman–Crippen MR) is 91.3 cm³/mol. The Labute approximate surface area is 144 Å².